The van der Waals surface area contributed by atoms with Crippen LogP contribution in [0.2, 0.25) is 0 Å². The summed E-state index contributed by atoms with van der Waals surface area (Å²) in [5, 5.41) is 0. The monoisotopic (exact) mass is 341 g/mol. The first-order chi connectivity index (χ1) is 10.8. The maximum atomic E-state index is 13.3. The van der Waals surface area contributed by atoms with Gasteiger partial charge in [-0.2, -0.15) is 0 Å². The fourth-order valence-corrected chi connectivity index (χ4v) is 3.48. The van der Waals surface area contributed by atoms with Gasteiger partial charge in [0, 0.05) is 13.7 Å². The average molecular weight is 341 g/mol. The van der Waals surface area contributed by atoms with Crippen molar-refractivity contribution < 1.29 is 21.9 Å². The fourth-order valence-electron chi connectivity index (χ4n) is 2.22. The molecule has 0 aliphatic rings. The van der Waals surface area contributed by atoms with Crippen LogP contribution in [0.4, 0.5) is 8.78 Å². The van der Waals surface area contributed by atoms with E-state index in [9.17, 15) is 17.2 Å². The smallest absolute Gasteiger partial charge is 0.240 e. The zero-order chi connectivity index (χ0) is 17.0. The van der Waals surface area contributed by atoms with Crippen molar-refractivity contribution in [2.45, 2.75) is 17.9 Å². The van der Waals surface area contributed by atoms with Gasteiger partial charge >= 0.3 is 0 Å². The fraction of sp³-hybridized carbons (Fsp3) is 0.250. The number of hydrogen-bond acceptors (Lipinski definition) is 3. The second kappa shape index (κ2) is 7.16. The standard InChI is InChI=1S/C16H17F2NO3S/c1-11-8-14(18)6-7-16(11)23(20,21)19-10-15(22-2)12-4-3-5-13(17)9-12/h3-9,15,19H,10H2,1-2H3/t15-/m0/s1. The Morgan fingerprint density at radius 1 is 1.13 bits per heavy atom. The Labute approximate surface area is 134 Å². The Hall–Kier alpha value is -1.83. The van der Waals surface area contributed by atoms with E-state index in [1.165, 1.54) is 38.3 Å². The first-order valence-electron chi connectivity index (χ1n) is 6.87. The van der Waals surface area contributed by atoms with E-state index in [2.05, 4.69) is 4.72 Å². The molecule has 0 aromatic heterocycles. The van der Waals surface area contributed by atoms with Crippen LogP contribution in [0.1, 0.15) is 17.2 Å². The zero-order valence-electron chi connectivity index (χ0n) is 12.7. The van der Waals surface area contributed by atoms with Gasteiger partial charge in [-0.15, -0.1) is 0 Å². The molecule has 0 aliphatic heterocycles. The van der Waals surface area contributed by atoms with E-state index >= 15 is 0 Å². The Bertz CT molecular complexity index is 794. The predicted octanol–water partition coefficient (Wildman–Crippen LogP) is 2.94. The Morgan fingerprint density at radius 2 is 1.83 bits per heavy atom. The summed E-state index contributed by atoms with van der Waals surface area (Å²) >= 11 is 0. The molecule has 0 amide bonds. The summed E-state index contributed by atoms with van der Waals surface area (Å²) in [4.78, 5) is -0.00649. The van der Waals surface area contributed by atoms with E-state index in [1.54, 1.807) is 6.07 Å². The number of ether oxygens (including phenoxy) is 1. The Kier molecular flexibility index (Phi) is 5.46. The summed E-state index contributed by atoms with van der Waals surface area (Å²) in [6, 6.07) is 9.19. The summed E-state index contributed by atoms with van der Waals surface area (Å²) in [7, 11) is -2.41. The third-order valence-electron chi connectivity index (χ3n) is 3.39. The highest BCUT2D eigenvalue weighted by molar-refractivity contribution is 7.89. The molecule has 2 aromatic carbocycles. The van der Waals surface area contributed by atoms with Gasteiger partial charge in [-0.25, -0.2) is 21.9 Å². The van der Waals surface area contributed by atoms with Crippen molar-refractivity contribution in [2.75, 3.05) is 13.7 Å². The quantitative estimate of drug-likeness (QED) is 0.879. The van der Waals surface area contributed by atoms with Crippen LogP contribution < -0.4 is 4.72 Å². The molecule has 0 heterocycles. The molecular weight excluding hydrogens is 324 g/mol. The van der Waals surface area contributed by atoms with E-state index < -0.39 is 27.8 Å². The maximum Gasteiger partial charge on any atom is 0.240 e. The maximum absolute atomic E-state index is 13.3. The molecule has 0 saturated heterocycles. The second-order valence-electron chi connectivity index (χ2n) is 5.04. The summed E-state index contributed by atoms with van der Waals surface area (Å²) in [6.45, 7) is 1.44. The van der Waals surface area contributed by atoms with Gasteiger partial charge in [0.15, 0.2) is 0 Å². The highest BCUT2D eigenvalue weighted by atomic mass is 32.2. The minimum absolute atomic E-state index is 0.00649. The van der Waals surface area contributed by atoms with E-state index in [0.717, 1.165) is 12.1 Å². The van der Waals surface area contributed by atoms with E-state index in [-0.39, 0.29) is 11.4 Å². The third-order valence-corrected chi connectivity index (χ3v) is 4.97. The summed E-state index contributed by atoms with van der Waals surface area (Å²) in [6.07, 6.45) is -0.638. The van der Waals surface area contributed by atoms with Crippen LogP contribution in [-0.4, -0.2) is 22.1 Å². The third kappa shape index (κ3) is 4.34. The van der Waals surface area contributed by atoms with Gasteiger partial charge in [-0.3, -0.25) is 0 Å². The van der Waals surface area contributed by atoms with Crippen LogP contribution >= 0.6 is 0 Å². The van der Waals surface area contributed by atoms with Crippen molar-refractivity contribution in [3.8, 4) is 0 Å². The minimum atomic E-state index is -3.82. The van der Waals surface area contributed by atoms with Crippen molar-refractivity contribution >= 4 is 10.0 Å². The molecule has 2 rings (SSSR count). The number of rotatable bonds is 6. The molecule has 124 valence electrons. The lowest BCUT2D eigenvalue weighted by molar-refractivity contribution is 0.107. The molecule has 0 saturated carbocycles. The zero-order valence-corrected chi connectivity index (χ0v) is 13.5. The van der Waals surface area contributed by atoms with Gasteiger partial charge in [0.1, 0.15) is 11.6 Å². The lowest BCUT2D eigenvalue weighted by Gasteiger charge is -2.17. The van der Waals surface area contributed by atoms with Crippen molar-refractivity contribution in [3.05, 3.63) is 65.2 Å². The first kappa shape index (κ1) is 17.5. The highest BCUT2D eigenvalue weighted by Crippen LogP contribution is 2.19. The van der Waals surface area contributed by atoms with Crippen LogP contribution in [0.5, 0.6) is 0 Å². The van der Waals surface area contributed by atoms with Crippen molar-refractivity contribution in [3.63, 3.8) is 0 Å². The second-order valence-corrected chi connectivity index (χ2v) is 6.78. The topological polar surface area (TPSA) is 55.4 Å². The SMILES string of the molecule is CO[C@@H](CNS(=O)(=O)c1ccc(F)cc1C)c1cccc(F)c1. The van der Waals surface area contributed by atoms with Gasteiger partial charge in [-0.1, -0.05) is 12.1 Å². The Morgan fingerprint density at radius 3 is 2.43 bits per heavy atom. The average Bonchev–Trinajstić information content (AvgIpc) is 2.47. The van der Waals surface area contributed by atoms with Crippen LogP contribution in [0, 0.1) is 18.6 Å². The van der Waals surface area contributed by atoms with E-state index in [0.29, 0.717) is 11.1 Å². The molecule has 0 unspecified atom stereocenters. The molecule has 4 nitrogen and oxygen atoms in total. The van der Waals surface area contributed by atoms with Crippen LogP contribution in [0.25, 0.3) is 0 Å². The summed E-state index contributed by atoms with van der Waals surface area (Å²) in [5.74, 6) is -0.933. The summed E-state index contributed by atoms with van der Waals surface area (Å²) in [5.41, 5.74) is 0.822. The minimum Gasteiger partial charge on any atom is -0.375 e. The van der Waals surface area contributed by atoms with Gasteiger partial charge in [-0.05, 0) is 48.4 Å². The molecule has 1 N–H and O–H groups in total. The molecule has 0 fully saturated rings. The van der Waals surface area contributed by atoms with E-state index in [1.807, 2.05) is 0 Å². The first-order valence-corrected chi connectivity index (χ1v) is 8.36. The predicted molar refractivity (Wildman–Crippen MR) is 82.5 cm³/mol. The van der Waals surface area contributed by atoms with Gasteiger partial charge < -0.3 is 4.74 Å². The number of benzene rings is 2. The molecule has 23 heavy (non-hydrogen) atoms. The number of halogens is 2. The van der Waals surface area contributed by atoms with Crippen LogP contribution in [-0.2, 0) is 14.8 Å². The molecule has 0 spiro atoms. The van der Waals surface area contributed by atoms with Gasteiger partial charge in [0.2, 0.25) is 10.0 Å². The lowest BCUT2D eigenvalue weighted by Crippen LogP contribution is -2.29. The highest BCUT2D eigenvalue weighted by Gasteiger charge is 2.20. The number of sulfonamides is 1. The van der Waals surface area contributed by atoms with E-state index in [4.69, 9.17) is 4.74 Å². The molecule has 0 radical (unpaired) electrons. The van der Waals surface area contributed by atoms with Crippen LogP contribution in [0.3, 0.4) is 0 Å². The number of nitrogens with one attached hydrogen (secondary N) is 1. The molecule has 0 bridgehead atoms. The van der Waals surface area contributed by atoms with Crippen LogP contribution in [0.15, 0.2) is 47.4 Å². The molecule has 2 aromatic rings. The van der Waals surface area contributed by atoms with Gasteiger partial charge in [0.25, 0.3) is 0 Å². The van der Waals surface area contributed by atoms with Crippen molar-refractivity contribution in [1.82, 2.24) is 4.72 Å². The number of hydrogen-bond donors (Lipinski definition) is 1. The lowest BCUT2D eigenvalue weighted by atomic mass is 10.1. The number of aryl methyl sites for hydroxylation is 1. The van der Waals surface area contributed by atoms with Crippen molar-refractivity contribution in [2.24, 2.45) is 0 Å². The largest absolute Gasteiger partial charge is 0.375 e. The molecule has 0 aliphatic carbocycles. The molecule has 7 heteroatoms. The molecule has 1 atom stereocenters. The summed E-state index contributed by atoms with van der Waals surface area (Å²) < 4.78 is 58.6. The van der Waals surface area contributed by atoms with Gasteiger partial charge in [0.05, 0.1) is 11.0 Å². The Balaban J connectivity index is 2.17. The normalized spacial score (nSPS) is 13.0. The van der Waals surface area contributed by atoms with Crippen molar-refractivity contribution in [1.29, 1.82) is 0 Å². The number of methoxy groups -OCH3 is 1. The molecular formula is C16H17F2NO3S.